The molecule has 0 heterocycles. The van der Waals surface area contributed by atoms with E-state index in [1.165, 1.54) is 6.07 Å². The van der Waals surface area contributed by atoms with Gasteiger partial charge in [0.05, 0.1) is 23.8 Å². The summed E-state index contributed by atoms with van der Waals surface area (Å²) in [4.78, 5) is 0. The molecule has 0 unspecified atom stereocenters. The zero-order valence-corrected chi connectivity index (χ0v) is 21.5. The van der Waals surface area contributed by atoms with Crippen molar-refractivity contribution in [2.45, 2.75) is 69.2 Å². The molecule has 168 valence electrons. The molecule has 0 amide bonds. The van der Waals surface area contributed by atoms with Gasteiger partial charge in [-0.1, -0.05) is 70.8 Å². The average molecular weight is 449 g/mol. The number of benzene rings is 2. The third-order valence-corrected chi connectivity index (χ3v) is 3.57. The summed E-state index contributed by atoms with van der Waals surface area (Å²) in [5, 5.41) is 1.01. The van der Waals surface area contributed by atoms with Crippen molar-refractivity contribution in [2.24, 2.45) is 0 Å². The molecule has 2 rings (SSSR count). The molecule has 0 radical (unpaired) electrons. The Kier molecular flexibility index (Phi) is 22.1. The van der Waals surface area contributed by atoms with E-state index < -0.39 is 5.82 Å². The van der Waals surface area contributed by atoms with Crippen molar-refractivity contribution in [2.75, 3.05) is 13.7 Å². The second-order valence-corrected chi connectivity index (χ2v) is 5.90. The number of rotatable bonds is 3. The van der Waals surface area contributed by atoms with E-state index in [1.807, 2.05) is 67.5 Å². The first-order chi connectivity index (χ1) is 13.8. The van der Waals surface area contributed by atoms with Crippen LogP contribution in [0.25, 0.3) is 0 Å². The van der Waals surface area contributed by atoms with Crippen molar-refractivity contribution >= 4 is 23.2 Å². The Hall–Kier alpha value is -1.45. The molecule has 0 spiro atoms. The maximum atomic E-state index is 13.1. The minimum atomic E-state index is -0.401. The van der Waals surface area contributed by atoms with Gasteiger partial charge in [0.1, 0.15) is 5.75 Å². The van der Waals surface area contributed by atoms with Gasteiger partial charge in [0.25, 0.3) is 0 Å². The topological polar surface area (TPSA) is 18.5 Å². The fourth-order valence-corrected chi connectivity index (χ4v) is 2.85. The van der Waals surface area contributed by atoms with Crippen LogP contribution >= 0.6 is 23.2 Å². The molecule has 0 atom stereocenters. The van der Waals surface area contributed by atoms with E-state index >= 15 is 0 Å². The van der Waals surface area contributed by atoms with Crippen LogP contribution in [0.4, 0.5) is 4.39 Å². The Morgan fingerprint density at radius 1 is 0.759 bits per heavy atom. The highest BCUT2D eigenvalue weighted by atomic mass is 35.5. The van der Waals surface area contributed by atoms with E-state index in [-0.39, 0.29) is 5.75 Å². The molecular formula is C24H39Cl2FO2. The predicted octanol–water partition coefficient (Wildman–Crippen LogP) is 9.23. The second kappa shape index (κ2) is 19.8. The summed E-state index contributed by atoms with van der Waals surface area (Å²) in [6, 6.07) is 7.02. The van der Waals surface area contributed by atoms with Gasteiger partial charge in [0.2, 0.25) is 0 Å². The number of methoxy groups -OCH3 is 1. The first kappa shape index (κ1) is 32.2. The Balaban J connectivity index is -0.000000371. The van der Waals surface area contributed by atoms with Crippen LogP contribution in [0.15, 0.2) is 24.3 Å². The minimum absolute atomic E-state index is 0.143. The Morgan fingerprint density at radius 2 is 1.17 bits per heavy atom. The minimum Gasteiger partial charge on any atom is -0.495 e. The van der Waals surface area contributed by atoms with E-state index in [0.717, 1.165) is 22.4 Å². The molecule has 0 bridgehead atoms. The largest absolute Gasteiger partial charge is 0.495 e. The van der Waals surface area contributed by atoms with Gasteiger partial charge < -0.3 is 9.47 Å². The molecule has 0 aliphatic carbocycles. The van der Waals surface area contributed by atoms with Gasteiger partial charge in [-0.15, -0.1) is 0 Å². The van der Waals surface area contributed by atoms with E-state index in [0.29, 0.717) is 16.7 Å². The van der Waals surface area contributed by atoms with Gasteiger partial charge in [0.15, 0.2) is 11.6 Å². The predicted molar refractivity (Wildman–Crippen MR) is 129 cm³/mol. The van der Waals surface area contributed by atoms with Gasteiger partial charge in [-0.25, -0.2) is 4.39 Å². The maximum Gasteiger partial charge on any atom is 0.173 e. The molecule has 0 N–H and O–H groups in total. The maximum absolute atomic E-state index is 13.1. The molecule has 2 aromatic carbocycles. The molecule has 0 saturated carbocycles. The molecule has 2 aromatic rings. The van der Waals surface area contributed by atoms with Gasteiger partial charge in [0, 0.05) is 0 Å². The van der Waals surface area contributed by atoms with Crippen LogP contribution in [0, 0.1) is 26.6 Å². The summed E-state index contributed by atoms with van der Waals surface area (Å²) >= 11 is 11.7. The van der Waals surface area contributed by atoms with E-state index in [4.69, 9.17) is 32.7 Å². The van der Waals surface area contributed by atoms with Gasteiger partial charge >= 0.3 is 0 Å². The summed E-state index contributed by atoms with van der Waals surface area (Å²) in [7, 11) is 1.63. The Labute approximate surface area is 188 Å². The summed E-state index contributed by atoms with van der Waals surface area (Å²) < 4.78 is 23.2. The van der Waals surface area contributed by atoms with E-state index in [9.17, 15) is 4.39 Å². The molecule has 0 aliphatic rings. The zero-order chi connectivity index (χ0) is 23.6. The van der Waals surface area contributed by atoms with Crippen LogP contribution in [0.3, 0.4) is 0 Å². The van der Waals surface area contributed by atoms with Crippen LogP contribution in [0.5, 0.6) is 11.5 Å². The van der Waals surface area contributed by atoms with Crippen molar-refractivity contribution < 1.29 is 13.9 Å². The fraction of sp³-hybridized carbons (Fsp3) is 0.500. The molecule has 5 heteroatoms. The molecule has 0 aromatic heterocycles. The molecule has 0 fully saturated rings. The lowest BCUT2D eigenvalue weighted by Gasteiger charge is -2.07. The van der Waals surface area contributed by atoms with Gasteiger partial charge in [-0.3, -0.25) is 0 Å². The number of hydrogen-bond donors (Lipinski definition) is 0. The van der Waals surface area contributed by atoms with Crippen molar-refractivity contribution in [1.82, 2.24) is 0 Å². The van der Waals surface area contributed by atoms with Crippen LogP contribution in [0.1, 0.15) is 65.2 Å². The summed E-state index contributed by atoms with van der Waals surface area (Å²) in [5.41, 5.74) is 3.03. The smallest absolute Gasteiger partial charge is 0.173 e. The van der Waals surface area contributed by atoms with Crippen LogP contribution in [-0.4, -0.2) is 13.7 Å². The van der Waals surface area contributed by atoms with Crippen molar-refractivity contribution in [3.63, 3.8) is 0 Å². The fourth-order valence-electron chi connectivity index (χ4n) is 2.13. The molecule has 0 aliphatic heterocycles. The average Bonchev–Trinajstić information content (AvgIpc) is 2.69. The summed E-state index contributed by atoms with van der Waals surface area (Å²) in [6.45, 7) is 20.0. The molecule has 29 heavy (non-hydrogen) atoms. The van der Waals surface area contributed by atoms with Crippen molar-refractivity contribution in [1.29, 1.82) is 0 Å². The first-order valence-corrected chi connectivity index (χ1v) is 10.9. The van der Waals surface area contributed by atoms with Crippen molar-refractivity contribution in [3.05, 3.63) is 56.8 Å². The highest BCUT2D eigenvalue weighted by Gasteiger charge is 2.08. The first-order valence-electron chi connectivity index (χ1n) is 10.2. The lowest BCUT2D eigenvalue weighted by Crippen LogP contribution is -1.95. The monoisotopic (exact) mass is 448 g/mol. The third kappa shape index (κ3) is 12.7. The lowest BCUT2D eigenvalue weighted by molar-refractivity contribution is 0.321. The molecule has 2 nitrogen and oxygen atoms in total. The second-order valence-electron chi connectivity index (χ2n) is 5.09. The summed E-state index contributed by atoms with van der Waals surface area (Å²) in [5.74, 6) is 0.517. The van der Waals surface area contributed by atoms with Gasteiger partial charge in [-0.05, 0) is 62.6 Å². The van der Waals surface area contributed by atoms with Crippen molar-refractivity contribution in [3.8, 4) is 11.5 Å². The number of halogens is 3. The number of hydrogen-bond acceptors (Lipinski definition) is 2. The highest BCUT2D eigenvalue weighted by Crippen LogP contribution is 2.29. The van der Waals surface area contributed by atoms with E-state index in [1.54, 1.807) is 27.0 Å². The normalized spacial score (nSPS) is 8.48. The zero-order valence-electron chi connectivity index (χ0n) is 20.0. The molecule has 0 saturated heterocycles. The van der Waals surface area contributed by atoms with Crippen LogP contribution in [0.2, 0.25) is 10.0 Å². The number of aryl methyl sites for hydroxylation is 3. The Morgan fingerprint density at radius 3 is 1.52 bits per heavy atom. The van der Waals surface area contributed by atoms with E-state index in [2.05, 4.69) is 0 Å². The highest BCUT2D eigenvalue weighted by molar-refractivity contribution is 6.32. The van der Waals surface area contributed by atoms with Crippen LogP contribution < -0.4 is 9.47 Å². The SMILES string of the molecule is CC.CC.CC.CCOc1c(F)cc(C)cc1Cl.COc1c(C)cc(C)cc1Cl. The van der Waals surface area contributed by atoms with Crippen LogP contribution in [-0.2, 0) is 0 Å². The van der Waals surface area contributed by atoms with Gasteiger partial charge in [-0.2, -0.15) is 0 Å². The quantitative estimate of drug-likeness (QED) is 0.465. The lowest BCUT2D eigenvalue weighted by atomic mass is 10.1. The Bertz CT molecular complexity index is 628. The molecular weight excluding hydrogens is 410 g/mol. The third-order valence-electron chi connectivity index (χ3n) is 3.01. The summed E-state index contributed by atoms with van der Waals surface area (Å²) in [6.07, 6.45) is 0. The standard InChI is InChI=1S/C9H10ClFO.C9H11ClO.3C2H6/c1-3-12-9-7(10)4-6(2)5-8(9)11;1-6-4-7(2)9(11-3)8(10)5-6;3*1-2/h4-5H,3H2,1-2H3;4-5H,1-3H3;3*1-2H3. The number of ether oxygens (including phenoxy) is 2.